The Morgan fingerprint density at radius 3 is 1.58 bits per heavy atom. The molecular formula is C22H42N2W2. The molecule has 26 heavy (non-hydrogen) atoms. The fourth-order valence-electron chi connectivity index (χ4n) is 3.58. The van der Waals surface area contributed by atoms with Crippen molar-refractivity contribution in [2.75, 3.05) is 26.2 Å². The van der Waals surface area contributed by atoms with Crippen LogP contribution in [-0.4, -0.2) is 47.1 Å². The second kappa shape index (κ2) is 11.5. The largest absolute Gasteiger partial charge is 2.00 e. The normalized spacial score (nSPS) is 30.7. The molecule has 2 heterocycles. The zero-order chi connectivity index (χ0) is 18.8. The van der Waals surface area contributed by atoms with Gasteiger partial charge in [0, 0.05) is 11.1 Å². The SMILES string of the molecule is [CH2-]C1CC([CH2-])CN(C(C)(C)C)C1.[CH2-]CC1([CH2-])CCN(C(C)(C)C)C1.[W+2].[W+2]. The molecule has 0 spiro atoms. The van der Waals surface area contributed by atoms with E-state index in [1.165, 1.54) is 19.4 Å². The van der Waals surface area contributed by atoms with Crippen LogP contribution in [0.25, 0.3) is 0 Å². The second-order valence-electron chi connectivity index (χ2n) is 10.1. The molecule has 2 rings (SSSR count). The molecule has 2 aliphatic rings. The molecule has 4 heteroatoms. The van der Waals surface area contributed by atoms with Crippen LogP contribution in [0.1, 0.15) is 60.8 Å². The van der Waals surface area contributed by atoms with E-state index < -0.39 is 0 Å². The van der Waals surface area contributed by atoms with Crippen LogP contribution in [0.3, 0.4) is 0 Å². The van der Waals surface area contributed by atoms with Crippen LogP contribution in [0.4, 0.5) is 0 Å². The number of piperidine rings is 1. The van der Waals surface area contributed by atoms with E-state index in [4.69, 9.17) is 0 Å². The summed E-state index contributed by atoms with van der Waals surface area (Å²) in [6, 6.07) is 0. The van der Waals surface area contributed by atoms with Crippen molar-refractivity contribution in [3.63, 3.8) is 0 Å². The van der Waals surface area contributed by atoms with Crippen molar-refractivity contribution in [1.82, 2.24) is 9.80 Å². The van der Waals surface area contributed by atoms with Gasteiger partial charge in [0.2, 0.25) is 0 Å². The van der Waals surface area contributed by atoms with Gasteiger partial charge in [0.25, 0.3) is 0 Å². The van der Waals surface area contributed by atoms with Gasteiger partial charge < -0.3 is 37.5 Å². The third-order valence-corrected chi connectivity index (χ3v) is 5.49. The zero-order valence-corrected chi connectivity index (χ0v) is 24.0. The third kappa shape index (κ3) is 9.67. The zero-order valence-electron chi connectivity index (χ0n) is 18.1. The Bertz CT molecular complexity index is 377. The topological polar surface area (TPSA) is 6.48 Å². The average molecular weight is 702 g/mol. The average Bonchev–Trinajstić information content (AvgIpc) is 2.81. The van der Waals surface area contributed by atoms with Crippen LogP contribution in [0, 0.1) is 44.9 Å². The number of nitrogens with zero attached hydrogens (tertiary/aromatic N) is 2. The van der Waals surface area contributed by atoms with Crippen LogP contribution < -0.4 is 0 Å². The number of likely N-dealkylation sites (tertiary alicyclic amines) is 2. The standard InChI is InChI=1S/2C11H21N.2W/c1-9-6-10(2)8-12(7-9)11(3,4)5;1-6-11(5)7-8-12(9-11)10(2,3)4;;/h9-10H,1-2,6-8H2,3-5H3;1,5-9H2,2-4H3;;/q2*-2;2*+2. The van der Waals surface area contributed by atoms with Crippen molar-refractivity contribution in [3.8, 4) is 0 Å². The minimum absolute atomic E-state index is 0. The molecule has 0 saturated carbocycles. The van der Waals surface area contributed by atoms with E-state index in [9.17, 15) is 0 Å². The maximum absolute atomic E-state index is 4.25. The number of rotatable bonds is 1. The summed E-state index contributed by atoms with van der Waals surface area (Å²) < 4.78 is 0. The van der Waals surface area contributed by atoms with Crippen molar-refractivity contribution in [2.45, 2.75) is 71.9 Å². The summed E-state index contributed by atoms with van der Waals surface area (Å²) in [6.07, 6.45) is 3.35. The second-order valence-corrected chi connectivity index (χ2v) is 10.1. The molecule has 0 amide bonds. The Hall–Kier alpha value is 1.30. The molecule has 0 bridgehead atoms. The first-order chi connectivity index (χ1) is 10.8. The van der Waals surface area contributed by atoms with Crippen LogP contribution in [0.5, 0.6) is 0 Å². The van der Waals surface area contributed by atoms with Gasteiger partial charge in [-0.3, -0.25) is 0 Å². The van der Waals surface area contributed by atoms with Crippen molar-refractivity contribution >= 4 is 0 Å². The molecular weight excluding hydrogens is 660 g/mol. The van der Waals surface area contributed by atoms with E-state index in [1.54, 1.807) is 0 Å². The number of hydrogen-bond donors (Lipinski definition) is 0. The summed E-state index contributed by atoms with van der Waals surface area (Å²) in [4.78, 5) is 5.00. The summed E-state index contributed by atoms with van der Waals surface area (Å²) in [5.74, 6) is 1.14. The summed E-state index contributed by atoms with van der Waals surface area (Å²) in [7, 11) is 0. The Kier molecular flexibility index (Phi) is 13.0. The minimum atomic E-state index is 0. The predicted octanol–water partition coefficient (Wildman–Crippen LogP) is 4.92. The Morgan fingerprint density at radius 1 is 0.885 bits per heavy atom. The molecule has 2 saturated heterocycles. The molecule has 0 aromatic rings. The number of hydrogen-bond acceptors (Lipinski definition) is 2. The maximum Gasteiger partial charge on any atom is 2.00 e. The van der Waals surface area contributed by atoms with Gasteiger partial charge in [0.15, 0.2) is 0 Å². The molecule has 152 valence electrons. The molecule has 2 fully saturated rings. The van der Waals surface area contributed by atoms with E-state index in [1.807, 2.05) is 0 Å². The molecule has 0 aromatic heterocycles. The molecule has 0 N–H and O–H groups in total. The van der Waals surface area contributed by atoms with Gasteiger partial charge in [-0.2, -0.15) is 17.3 Å². The molecule has 2 nitrogen and oxygen atoms in total. The van der Waals surface area contributed by atoms with Gasteiger partial charge in [-0.05, 0) is 67.7 Å². The summed E-state index contributed by atoms with van der Waals surface area (Å²) in [6.45, 7) is 34.6. The van der Waals surface area contributed by atoms with Gasteiger partial charge in [-0.15, -0.1) is 6.42 Å². The first-order valence-corrected chi connectivity index (χ1v) is 9.58. The smallest absolute Gasteiger partial charge is 0.345 e. The van der Waals surface area contributed by atoms with E-state index >= 15 is 0 Å². The molecule has 3 atom stereocenters. The van der Waals surface area contributed by atoms with Gasteiger partial charge >= 0.3 is 42.1 Å². The fourth-order valence-corrected chi connectivity index (χ4v) is 3.58. The van der Waals surface area contributed by atoms with Crippen molar-refractivity contribution in [2.24, 2.45) is 17.3 Å². The van der Waals surface area contributed by atoms with Crippen LogP contribution in [-0.2, 0) is 42.1 Å². The summed E-state index contributed by atoms with van der Waals surface area (Å²) in [5.41, 5.74) is 0.814. The quantitative estimate of drug-likeness (QED) is 0.359. The molecule has 2 aliphatic heterocycles. The van der Waals surface area contributed by atoms with Gasteiger partial charge in [0.05, 0.1) is 0 Å². The van der Waals surface area contributed by atoms with Crippen molar-refractivity contribution < 1.29 is 42.1 Å². The first-order valence-electron chi connectivity index (χ1n) is 9.58. The maximum atomic E-state index is 4.25. The van der Waals surface area contributed by atoms with Crippen molar-refractivity contribution in [1.29, 1.82) is 0 Å². The Morgan fingerprint density at radius 2 is 1.31 bits per heavy atom. The van der Waals surface area contributed by atoms with Gasteiger partial charge in [-0.1, -0.05) is 6.42 Å². The van der Waals surface area contributed by atoms with Crippen LogP contribution in [0.2, 0.25) is 0 Å². The fraction of sp³-hybridized carbons (Fsp3) is 0.818. The molecule has 3 unspecified atom stereocenters. The minimum Gasteiger partial charge on any atom is -0.345 e. The Balaban J connectivity index is 0. The van der Waals surface area contributed by atoms with Crippen molar-refractivity contribution in [3.05, 3.63) is 27.7 Å². The van der Waals surface area contributed by atoms with E-state index in [0.717, 1.165) is 26.1 Å². The van der Waals surface area contributed by atoms with E-state index in [0.29, 0.717) is 17.4 Å². The van der Waals surface area contributed by atoms with Crippen LogP contribution >= 0.6 is 0 Å². The Labute approximate surface area is 194 Å². The molecule has 0 aliphatic carbocycles. The predicted molar refractivity (Wildman–Crippen MR) is 107 cm³/mol. The third-order valence-electron chi connectivity index (χ3n) is 5.49. The monoisotopic (exact) mass is 702 g/mol. The molecule has 0 aromatic carbocycles. The first kappa shape index (κ1) is 29.5. The summed E-state index contributed by atoms with van der Waals surface area (Å²) >= 11 is 0. The van der Waals surface area contributed by atoms with Crippen LogP contribution in [0.15, 0.2) is 0 Å². The van der Waals surface area contributed by atoms with Gasteiger partial charge in [0.1, 0.15) is 0 Å². The van der Waals surface area contributed by atoms with Gasteiger partial charge in [-0.25, -0.2) is 6.42 Å². The van der Waals surface area contributed by atoms with E-state index in [-0.39, 0.29) is 53.1 Å². The summed E-state index contributed by atoms with van der Waals surface area (Å²) in [5, 5.41) is 0. The molecule has 0 radical (unpaired) electrons. The van der Waals surface area contributed by atoms with E-state index in [2.05, 4.69) is 79.0 Å².